The molecule has 0 saturated carbocycles. The second kappa shape index (κ2) is 5.90. The lowest BCUT2D eigenvalue weighted by Crippen LogP contribution is -2.48. The van der Waals surface area contributed by atoms with Crippen LogP contribution in [0.25, 0.3) is 0 Å². The van der Waals surface area contributed by atoms with Crippen LogP contribution in [0.1, 0.15) is 33.6 Å². The zero-order valence-corrected chi connectivity index (χ0v) is 11.6. The van der Waals surface area contributed by atoms with Gasteiger partial charge in [0.2, 0.25) is 11.8 Å². The Balaban J connectivity index is 2.60. The fourth-order valence-electron chi connectivity index (χ4n) is 1.87. The first-order chi connectivity index (χ1) is 8.70. The first-order valence-electron chi connectivity index (χ1n) is 6.26. The fourth-order valence-corrected chi connectivity index (χ4v) is 1.87. The summed E-state index contributed by atoms with van der Waals surface area (Å²) < 4.78 is 5.24. The van der Waals surface area contributed by atoms with Gasteiger partial charge in [0.25, 0.3) is 0 Å². The molecule has 1 atom stereocenters. The van der Waals surface area contributed by atoms with E-state index in [-0.39, 0.29) is 12.5 Å². The number of nitrogens with zero attached hydrogens (tertiary/aromatic N) is 1. The molecule has 1 aliphatic rings. The van der Waals surface area contributed by atoms with Crippen LogP contribution in [0, 0.1) is 0 Å². The van der Waals surface area contributed by atoms with Crippen LogP contribution >= 0.6 is 0 Å². The third-order valence-corrected chi connectivity index (χ3v) is 2.62. The predicted octanol–water partition coefficient (Wildman–Crippen LogP) is -0.0126. The van der Waals surface area contributed by atoms with Crippen LogP contribution in [0.15, 0.2) is 0 Å². The van der Waals surface area contributed by atoms with Gasteiger partial charge in [0.15, 0.2) is 0 Å². The normalized spacial score (nSPS) is 19.1. The molecule has 1 heterocycles. The number of hydrogen-bond acceptors (Lipinski definition) is 4. The van der Waals surface area contributed by atoms with Crippen molar-refractivity contribution in [2.24, 2.45) is 5.73 Å². The fraction of sp³-hybridized carbons (Fsp3) is 0.750. The molecule has 0 aromatic rings. The summed E-state index contributed by atoms with van der Waals surface area (Å²) in [6, 6.07) is -0.589. The van der Waals surface area contributed by atoms with Crippen molar-refractivity contribution in [3.63, 3.8) is 0 Å². The maximum absolute atomic E-state index is 11.9. The van der Waals surface area contributed by atoms with Crippen LogP contribution in [0.5, 0.6) is 0 Å². The molecule has 1 aliphatic heterocycles. The highest BCUT2D eigenvalue weighted by Crippen LogP contribution is 2.20. The number of nitrogens with two attached hydrogens (primary N) is 1. The lowest BCUT2D eigenvalue weighted by Gasteiger charge is -2.27. The van der Waals surface area contributed by atoms with E-state index in [1.807, 2.05) is 0 Å². The number of ether oxygens (including phenoxy) is 1. The number of rotatable bonds is 3. The molecule has 19 heavy (non-hydrogen) atoms. The van der Waals surface area contributed by atoms with Gasteiger partial charge in [-0.1, -0.05) is 0 Å². The van der Waals surface area contributed by atoms with E-state index in [2.05, 4.69) is 5.32 Å². The molecule has 0 aliphatic carbocycles. The quantitative estimate of drug-likeness (QED) is 0.753. The monoisotopic (exact) mass is 271 g/mol. The zero-order chi connectivity index (χ0) is 14.6. The maximum atomic E-state index is 11.9. The summed E-state index contributed by atoms with van der Waals surface area (Å²) in [6.45, 7) is 5.55. The van der Waals surface area contributed by atoms with Gasteiger partial charge in [0, 0.05) is 6.54 Å². The van der Waals surface area contributed by atoms with Crippen LogP contribution in [0.2, 0.25) is 0 Å². The SMILES string of the molecule is CC(C)(C)OC(=O)N1CCC[C@H]1C(=O)NCC(N)=O. The number of carbonyl (C=O) groups is 3. The van der Waals surface area contributed by atoms with Crippen LogP contribution in [0.3, 0.4) is 0 Å². The van der Waals surface area contributed by atoms with E-state index in [9.17, 15) is 14.4 Å². The van der Waals surface area contributed by atoms with Crippen LogP contribution < -0.4 is 11.1 Å². The molecule has 7 heteroatoms. The molecule has 3 amide bonds. The van der Waals surface area contributed by atoms with E-state index < -0.39 is 23.6 Å². The molecule has 1 fully saturated rings. The van der Waals surface area contributed by atoms with Crippen molar-refractivity contribution in [2.45, 2.75) is 45.3 Å². The van der Waals surface area contributed by atoms with Crippen molar-refractivity contribution in [1.29, 1.82) is 0 Å². The van der Waals surface area contributed by atoms with Crippen LogP contribution in [0.4, 0.5) is 4.79 Å². The number of carbonyl (C=O) groups excluding carboxylic acids is 3. The molecular weight excluding hydrogens is 250 g/mol. The van der Waals surface area contributed by atoms with E-state index in [4.69, 9.17) is 10.5 Å². The number of hydrogen-bond donors (Lipinski definition) is 2. The van der Waals surface area contributed by atoms with E-state index >= 15 is 0 Å². The van der Waals surface area contributed by atoms with Crippen molar-refractivity contribution >= 4 is 17.9 Å². The Hall–Kier alpha value is -1.79. The third kappa shape index (κ3) is 4.76. The zero-order valence-electron chi connectivity index (χ0n) is 11.6. The van der Waals surface area contributed by atoms with Crippen LogP contribution in [-0.4, -0.2) is 47.5 Å². The van der Waals surface area contributed by atoms with Gasteiger partial charge in [0.05, 0.1) is 6.54 Å². The minimum atomic E-state index is -0.616. The van der Waals surface area contributed by atoms with Gasteiger partial charge >= 0.3 is 6.09 Å². The number of nitrogens with one attached hydrogen (secondary N) is 1. The van der Waals surface area contributed by atoms with Crippen molar-refractivity contribution < 1.29 is 19.1 Å². The van der Waals surface area contributed by atoms with E-state index in [0.717, 1.165) is 6.42 Å². The number of amides is 3. The summed E-state index contributed by atoms with van der Waals surface area (Å²) in [7, 11) is 0. The predicted molar refractivity (Wildman–Crippen MR) is 68.2 cm³/mol. The highest BCUT2D eigenvalue weighted by molar-refractivity contribution is 5.89. The maximum Gasteiger partial charge on any atom is 0.410 e. The van der Waals surface area contributed by atoms with Gasteiger partial charge < -0.3 is 15.8 Å². The Morgan fingerprint density at radius 1 is 1.37 bits per heavy atom. The van der Waals surface area contributed by atoms with E-state index in [1.54, 1.807) is 20.8 Å². The first kappa shape index (κ1) is 15.3. The summed E-state index contributed by atoms with van der Waals surface area (Å²) >= 11 is 0. The van der Waals surface area contributed by atoms with Crippen LogP contribution in [-0.2, 0) is 14.3 Å². The van der Waals surface area contributed by atoms with Crippen molar-refractivity contribution in [2.75, 3.05) is 13.1 Å². The van der Waals surface area contributed by atoms with E-state index in [0.29, 0.717) is 13.0 Å². The van der Waals surface area contributed by atoms with Gasteiger partial charge in [-0.2, -0.15) is 0 Å². The second-order valence-electron chi connectivity index (χ2n) is 5.52. The van der Waals surface area contributed by atoms with E-state index in [1.165, 1.54) is 4.90 Å². The lowest BCUT2D eigenvalue weighted by molar-refractivity contribution is -0.128. The molecule has 0 unspecified atom stereocenters. The summed E-state index contributed by atoms with van der Waals surface area (Å²) in [6.07, 6.45) is 0.779. The van der Waals surface area contributed by atoms with Gasteiger partial charge in [-0.3, -0.25) is 14.5 Å². The molecule has 0 aromatic heterocycles. The second-order valence-corrected chi connectivity index (χ2v) is 5.52. The molecule has 1 saturated heterocycles. The average molecular weight is 271 g/mol. The van der Waals surface area contributed by atoms with Crippen molar-refractivity contribution in [1.82, 2.24) is 10.2 Å². The molecule has 0 spiro atoms. The molecule has 3 N–H and O–H groups in total. The Labute approximate surface area is 112 Å². The Kier molecular flexibility index (Phi) is 4.74. The Morgan fingerprint density at radius 2 is 2.00 bits per heavy atom. The summed E-state index contributed by atoms with van der Waals surface area (Å²) in [4.78, 5) is 35.8. The minimum Gasteiger partial charge on any atom is -0.444 e. The topological polar surface area (TPSA) is 102 Å². The number of primary amides is 1. The molecular formula is C12H21N3O4. The smallest absolute Gasteiger partial charge is 0.410 e. The minimum absolute atomic E-state index is 0.225. The standard InChI is InChI=1S/C12H21N3O4/c1-12(2,3)19-11(18)15-6-4-5-8(15)10(17)14-7-9(13)16/h8H,4-7H2,1-3H3,(H2,13,16)(H,14,17)/t8-/m0/s1. The van der Waals surface area contributed by atoms with Crippen molar-refractivity contribution in [3.8, 4) is 0 Å². The largest absolute Gasteiger partial charge is 0.444 e. The van der Waals surface area contributed by atoms with Gasteiger partial charge in [-0.25, -0.2) is 4.79 Å². The Morgan fingerprint density at radius 3 is 2.53 bits per heavy atom. The number of likely N-dealkylation sites (tertiary alicyclic amines) is 1. The Bertz CT molecular complexity index is 376. The molecule has 108 valence electrons. The molecule has 0 radical (unpaired) electrons. The van der Waals surface area contributed by atoms with Gasteiger partial charge in [0.1, 0.15) is 11.6 Å². The van der Waals surface area contributed by atoms with Gasteiger partial charge in [-0.05, 0) is 33.6 Å². The van der Waals surface area contributed by atoms with Gasteiger partial charge in [-0.15, -0.1) is 0 Å². The average Bonchev–Trinajstić information content (AvgIpc) is 2.72. The van der Waals surface area contributed by atoms with Crippen molar-refractivity contribution in [3.05, 3.63) is 0 Å². The molecule has 0 bridgehead atoms. The highest BCUT2D eigenvalue weighted by Gasteiger charge is 2.36. The summed E-state index contributed by atoms with van der Waals surface area (Å²) in [5.41, 5.74) is 4.35. The lowest BCUT2D eigenvalue weighted by atomic mass is 10.2. The third-order valence-electron chi connectivity index (χ3n) is 2.62. The molecule has 1 rings (SSSR count). The molecule has 7 nitrogen and oxygen atoms in total. The first-order valence-corrected chi connectivity index (χ1v) is 6.26. The molecule has 0 aromatic carbocycles. The highest BCUT2D eigenvalue weighted by atomic mass is 16.6. The summed E-state index contributed by atoms with van der Waals surface area (Å²) in [5, 5.41) is 2.41. The summed E-state index contributed by atoms with van der Waals surface area (Å²) in [5.74, 6) is -0.989.